The quantitative estimate of drug-likeness (QED) is 0.787. The second kappa shape index (κ2) is 6.94. The molecule has 0 saturated carbocycles. The zero-order valence-corrected chi connectivity index (χ0v) is 10.8. The molecule has 0 fully saturated rings. The molecule has 0 saturated heterocycles. The van der Waals surface area contributed by atoms with Gasteiger partial charge in [0.15, 0.2) is 0 Å². The maximum Gasteiger partial charge on any atom is 0.217 e. The molecule has 0 atom stereocenters. The minimum absolute atomic E-state index is 0.217. The first kappa shape index (κ1) is 13.6. The molecule has 17 heavy (non-hydrogen) atoms. The van der Waals surface area contributed by atoms with Crippen LogP contribution in [0.1, 0.15) is 31.7 Å². The van der Waals surface area contributed by atoms with Crippen LogP contribution in [0, 0.1) is 6.92 Å². The van der Waals surface area contributed by atoms with Gasteiger partial charge in [-0.15, -0.1) is 0 Å². The third kappa shape index (κ3) is 4.89. The molecule has 0 spiro atoms. The number of hydrogen-bond acceptors (Lipinski definition) is 2. The number of benzene rings is 1. The predicted molar refractivity (Wildman–Crippen MR) is 72.1 cm³/mol. The van der Waals surface area contributed by atoms with Gasteiger partial charge in [0.05, 0.1) is 0 Å². The first-order chi connectivity index (χ1) is 8.13. The average molecular weight is 234 g/mol. The fourth-order valence-corrected chi connectivity index (χ4v) is 1.91. The summed E-state index contributed by atoms with van der Waals surface area (Å²) in [6, 6.07) is 8.46. The van der Waals surface area contributed by atoms with E-state index < -0.39 is 0 Å². The fraction of sp³-hybridized carbons (Fsp3) is 0.500. The number of nitrogens with two attached hydrogens (primary N) is 1. The Balaban J connectivity index is 2.61. The summed E-state index contributed by atoms with van der Waals surface area (Å²) in [6.45, 7) is 6.16. The lowest BCUT2D eigenvalue weighted by Crippen LogP contribution is -2.26. The van der Waals surface area contributed by atoms with Gasteiger partial charge in [-0.25, -0.2) is 0 Å². The Bertz CT molecular complexity index is 363. The van der Waals surface area contributed by atoms with Crippen LogP contribution in [0.2, 0.25) is 0 Å². The number of aryl methyl sites for hydroxylation is 1. The van der Waals surface area contributed by atoms with Gasteiger partial charge in [-0.1, -0.05) is 19.1 Å². The Hall–Kier alpha value is -1.51. The number of hydrogen-bond donors (Lipinski definition) is 1. The van der Waals surface area contributed by atoms with Crippen molar-refractivity contribution in [3.63, 3.8) is 0 Å². The molecule has 3 heteroatoms. The largest absolute Gasteiger partial charge is 0.372 e. The number of rotatable bonds is 7. The van der Waals surface area contributed by atoms with Gasteiger partial charge in [0.1, 0.15) is 0 Å². The highest BCUT2D eigenvalue weighted by molar-refractivity contribution is 5.73. The van der Waals surface area contributed by atoms with E-state index in [1.807, 2.05) is 0 Å². The van der Waals surface area contributed by atoms with E-state index in [2.05, 4.69) is 43.0 Å². The average Bonchev–Trinajstić information content (AvgIpc) is 2.27. The first-order valence-corrected chi connectivity index (χ1v) is 6.23. The Morgan fingerprint density at radius 2 is 2.12 bits per heavy atom. The molecule has 0 aliphatic heterocycles. The van der Waals surface area contributed by atoms with E-state index in [1.165, 1.54) is 11.3 Å². The molecule has 0 radical (unpaired) electrons. The van der Waals surface area contributed by atoms with E-state index in [9.17, 15) is 4.79 Å². The van der Waals surface area contributed by atoms with Gasteiger partial charge in [-0.05, 0) is 37.5 Å². The lowest BCUT2D eigenvalue weighted by molar-refractivity contribution is -0.118. The highest BCUT2D eigenvalue weighted by Crippen LogP contribution is 2.16. The van der Waals surface area contributed by atoms with Crippen LogP contribution in [-0.2, 0) is 4.79 Å². The lowest BCUT2D eigenvalue weighted by Gasteiger charge is -2.24. The molecule has 0 aromatic heterocycles. The Morgan fingerprint density at radius 3 is 2.71 bits per heavy atom. The van der Waals surface area contributed by atoms with Gasteiger partial charge < -0.3 is 10.6 Å². The van der Waals surface area contributed by atoms with Gasteiger partial charge in [0, 0.05) is 25.2 Å². The molecule has 0 bridgehead atoms. The summed E-state index contributed by atoms with van der Waals surface area (Å²) in [5.74, 6) is -0.217. The van der Waals surface area contributed by atoms with Crippen LogP contribution in [-0.4, -0.2) is 19.0 Å². The molecule has 2 N–H and O–H groups in total. The highest BCUT2D eigenvalue weighted by atomic mass is 16.1. The van der Waals surface area contributed by atoms with Gasteiger partial charge in [0.2, 0.25) is 5.91 Å². The molecule has 1 aromatic rings. The van der Waals surface area contributed by atoms with Crippen molar-refractivity contribution in [3.8, 4) is 0 Å². The molecule has 0 heterocycles. The van der Waals surface area contributed by atoms with Crippen LogP contribution < -0.4 is 10.6 Å². The van der Waals surface area contributed by atoms with E-state index in [4.69, 9.17) is 5.73 Å². The van der Waals surface area contributed by atoms with E-state index in [-0.39, 0.29) is 5.91 Å². The Kier molecular flexibility index (Phi) is 5.53. The summed E-state index contributed by atoms with van der Waals surface area (Å²) in [4.78, 5) is 13.0. The minimum atomic E-state index is -0.217. The van der Waals surface area contributed by atoms with Crippen molar-refractivity contribution >= 4 is 11.6 Å². The first-order valence-electron chi connectivity index (χ1n) is 6.23. The third-order valence-electron chi connectivity index (χ3n) is 2.71. The molecule has 0 aliphatic rings. The molecule has 3 nitrogen and oxygen atoms in total. The zero-order chi connectivity index (χ0) is 12.7. The van der Waals surface area contributed by atoms with Crippen LogP contribution in [0.25, 0.3) is 0 Å². The molecule has 1 amide bonds. The lowest BCUT2D eigenvalue weighted by atomic mass is 10.2. The summed E-state index contributed by atoms with van der Waals surface area (Å²) in [5, 5.41) is 0. The van der Waals surface area contributed by atoms with Crippen LogP contribution in [0.15, 0.2) is 24.3 Å². The van der Waals surface area contributed by atoms with E-state index in [1.54, 1.807) is 0 Å². The summed E-state index contributed by atoms with van der Waals surface area (Å²) in [5.41, 5.74) is 7.65. The molecule has 1 aromatic carbocycles. The van der Waals surface area contributed by atoms with Crippen molar-refractivity contribution in [1.29, 1.82) is 0 Å². The van der Waals surface area contributed by atoms with E-state index in [0.717, 1.165) is 25.9 Å². The van der Waals surface area contributed by atoms with Crippen LogP contribution in [0.4, 0.5) is 5.69 Å². The number of primary amides is 1. The topological polar surface area (TPSA) is 46.3 Å². The highest BCUT2D eigenvalue weighted by Gasteiger charge is 2.06. The van der Waals surface area contributed by atoms with Gasteiger partial charge in [-0.3, -0.25) is 4.79 Å². The van der Waals surface area contributed by atoms with Crippen LogP contribution in [0.3, 0.4) is 0 Å². The molecule has 1 rings (SSSR count). The molecular formula is C14H22N2O. The number of nitrogens with zero attached hydrogens (tertiary/aromatic N) is 1. The smallest absolute Gasteiger partial charge is 0.217 e. The van der Waals surface area contributed by atoms with Gasteiger partial charge >= 0.3 is 0 Å². The Labute approximate surface area is 104 Å². The maximum absolute atomic E-state index is 10.7. The SMILES string of the molecule is CCCN(CCCC(N)=O)c1cccc(C)c1. The standard InChI is InChI=1S/C14H22N2O/c1-3-9-16(10-5-8-14(15)17)13-7-4-6-12(2)11-13/h4,6-7,11H,3,5,8-10H2,1-2H3,(H2,15,17). The third-order valence-corrected chi connectivity index (χ3v) is 2.71. The number of anilines is 1. The molecule has 0 aliphatic carbocycles. The van der Waals surface area contributed by atoms with Crippen molar-refractivity contribution in [2.75, 3.05) is 18.0 Å². The van der Waals surface area contributed by atoms with E-state index in [0.29, 0.717) is 6.42 Å². The fourth-order valence-electron chi connectivity index (χ4n) is 1.91. The summed E-state index contributed by atoms with van der Waals surface area (Å²) >= 11 is 0. The number of amides is 1. The number of carbonyl (C=O) groups excluding carboxylic acids is 1. The minimum Gasteiger partial charge on any atom is -0.372 e. The number of carbonyl (C=O) groups is 1. The Morgan fingerprint density at radius 1 is 1.35 bits per heavy atom. The van der Waals surface area contributed by atoms with Crippen molar-refractivity contribution in [2.45, 2.75) is 33.1 Å². The second-order valence-corrected chi connectivity index (χ2v) is 4.40. The molecular weight excluding hydrogens is 212 g/mol. The molecule has 94 valence electrons. The normalized spacial score (nSPS) is 10.2. The van der Waals surface area contributed by atoms with Crippen molar-refractivity contribution in [3.05, 3.63) is 29.8 Å². The summed E-state index contributed by atoms with van der Waals surface area (Å²) in [7, 11) is 0. The maximum atomic E-state index is 10.7. The van der Waals surface area contributed by atoms with Gasteiger partial charge in [0.25, 0.3) is 0 Å². The van der Waals surface area contributed by atoms with Gasteiger partial charge in [-0.2, -0.15) is 0 Å². The zero-order valence-electron chi connectivity index (χ0n) is 10.8. The molecule has 0 unspecified atom stereocenters. The van der Waals surface area contributed by atoms with E-state index >= 15 is 0 Å². The summed E-state index contributed by atoms with van der Waals surface area (Å²) < 4.78 is 0. The van der Waals surface area contributed by atoms with Crippen molar-refractivity contribution in [1.82, 2.24) is 0 Å². The summed E-state index contributed by atoms with van der Waals surface area (Å²) in [6.07, 6.45) is 2.39. The van der Waals surface area contributed by atoms with Crippen molar-refractivity contribution < 1.29 is 4.79 Å². The monoisotopic (exact) mass is 234 g/mol. The predicted octanol–water partition coefficient (Wildman–Crippen LogP) is 2.48. The van der Waals surface area contributed by atoms with Crippen molar-refractivity contribution in [2.24, 2.45) is 5.73 Å². The second-order valence-electron chi connectivity index (χ2n) is 4.40. The van der Waals surface area contributed by atoms with Crippen LogP contribution in [0.5, 0.6) is 0 Å². The van der Waals surface area contributed by atoms with Crippen LogP contribution >= 0.6 is 0 Å².